The average Bonchev–Trinajstić information content (AvgIpc) is 3.44. The van der Waals surface area contributed by atoms with Gasteiger partial charge < -0.3 is 19.4 Å². The number of pyridine rings is 1. The molecule has 8 nitrogen and oxygen atoms in total. The predicted octanol–water partition coefficient (Wildman–Crippen LogP) is 4.27. The van der Waals surface area contributed by atoms with E-state index in [4.69, 9.17) is 9.15 Å². The Morgan fingerprint density at radius 2 is 2.03 bits per heavy atom. The molecule has 4 aromatic rings. The molecular formula is C28H27FN4O4. The van der Waals surface area contributed by atoms with Crippen molar-refractivity contribution < 1.29 is 23.1 Å². The van der Waals surface area contributed by atoms with Crippen molar-refractivity contribution in [1.82, 2.24) is 20.2 Å². The number of aryl methyl sites for hydroxylation is 1. The molecule has 0 bridgehead atoms. The molecule has 0 saturated heterocycles. The SMILES string of the molecule is COc1cc(C)ccc1CN(C(=O)c1cocn1)C(C(=O)NCCc1cccc(F)c1)c1cccnc1. The summed E-state index contributed by atoms with van der Waals surface area (Å²) in [6.45, 7) is 2.25. The van der Waals surface area contributed by atoms with Gasteiger partial charge in [0.05, 0.1) is 13.7 Å². The van der Waals surface area contributed by atoms with Crippen LogP contribution in [0.2, 0.25) is 0 Å². The summed E-state index contributed by atoms with van der Waals surface area (Å²) in [7, 11) is 1.56. The van der Waals surface area contributed by atoms with Crippen LogP contribution in [0.15, 0.2) is 84.1 Å². The average molecular weight is 503 g/mol. The van der Waals surface area contributed by atoms with Gasteiger partial charge in [-0.15, -0.1) is 0 Å². The first kappa shape index (κ1) is 25.6. The van der Waals surface area contributed by atoms with Crippen LogP contribution in [0.1, 0.15) is 38.8 Å². The minimum absolute atomic E-state index is 0.0615. The van der Waals surface area contributed by atoms with Gasteiger partial charge in [-0.2, -0.15) is 0 Å². The molecule has 190 valence electrons. The molecule has 1 atom stereocenters. The Labute approximate surface area is 214 Å². The molecule has 0 aliphatic carbocycles. The number of nitrogens with one attached hydrogen (secondary N) is 1. The van der Waals surface area contributed by atoms with E-state index in [1.54, 1.807) is 43.8 Å². The number of oxazole rings is 1. The second kappa shape index (κ2) is 11.9. The van der Waals surface area contributed by atoms with E-state index in [1.165, 1.54) is 23.3 Å². The molecule has 0 radical (unpaired) electrons. The first-order valence-electron chi connectivity index (χ1n) is 11.7. The van der Waals surface area contributed by atoms with Crippen molar-refractivity contribution in [1.29, 1.82) is 0 Å². The fourth-order valence-electron chi connectivity index (χ4n) is 4.04. The van der Waals surface area contributed by atoms with Crippen molar-refractivity contribution in [3.8, 4) is 5.75 Å². The standard InChI is InChI=1S/C28H27FN4O4/c1-19-8-9-22(25(13-19)36-2)16-33(28(35)24-17-37-18-32-24)26(21-6-4-11-30-15-21)27(34)31-12-10-20-5-3-7-23(29)14-20/h3-9,11,13-15,17-18,26H,10,12,16H2,1-2H3,(H,31,34). The molecule has 9 heteroatoms. The molecule has 2 amide bonds. The van der Waals surface area contributed by atoms with E-state index in [0.717, 1.165) is 17.5 Å². The lowest BCUT2D eigenvalue weighted by Gasteiger charge is -2.31. The van der Waals surface area contributed by atoms with Gasteiger partial charge in [0.2, 0.25) is 5.91 Å². The number of nitrogens with zero attached hydrogens (tertiary/aromatic N) is 3. The molecule has 2 heterocycles. The third kappa shape index (κ3) is 6.38. The molecule has 1 unspecified atom stereocenters. The first-order chi connectivity index (χ1) is 18.0. The first-order valence-corrected chi connectivity index (χ1v) is 11.7. The number of hydrogen-bond acceptors (Lipinski definition) is 6. The number of methoxy groups -OCH3 is 1. The van der Waals surface area contributed by atoms with E-state index in [1.807, 2.05) is 25.1 Å². The van der Waals surface area contributed by atoms with Gasteiger partial charge in [0.15, 0.2) is 12.1 Å². The zero-order valence-corrected chi connectivity index (χ0v) is 20.6. The number of ether oxygens (including phenoxy) is 1. The minimum atomic E-state index is -1.03. The number of benzene rings is 2. The summed E-state index contributed by atoms with van der Waals surface area (Å²) >= 11 is 0. The van der Waals surface area contributed by atoms with Gasteiger partial charge in [-0.25, -0.2) is 9.37 Å². The van der Waals surface area contributed by atoms with Crippen molar-refractivity contribution in [3.63, 3.8) is 0 Å². The largest absolute Gasteiger partial charge is 0.496 e. The Bertz CT molecular complexity index is 1350. The number of hydrogen-bond donors (Lipinski definition) is 1. The number of carbonyl (C=O) groups excluding carboxylic acids is 2. The predicted molar refractivity (Wildman–Crippen MR) is 134 cm³/mol. The highest BCUT2D eigenvalue weighted by Gasteiger charge is 2.34. The molecule has 2 aromatic heterocycles. The van der Waals surface area contributed by atoms with Crippen LogP contribution in [-0.2, 0) is 17.8 Å². The molecule has 37 heavy (non-hydrogen) atoms. The highest BCUT2D eigenvalue weighted by Crippen LogP contribution is 2.29. The zero-order chi connectivity index (χ0) is 26.2. The Morgan fingerprint density at radius 1 is 1.16 bits per heavy atom. The summed E-state index contributed by atoms with van der Waals surface area (Å²) in [5.74, 6) is -0.652. The number of halogens is 1. The number of amides is 2. The fourth-order valence-corrected chi connectivity index (χ4v) is 4.04. The summed E-state index contributed by atoms with van der Waals surface area (Å²) in [6, 6.07) is 14.3. The molecule has 0 spiro atoms. The minimum Gasteiger partial charge on any atom is -0.496 e. The van der Waals surface area contributed by atoms with E-state index < -0.39 is 17.9 Å². The van der Waals surface area contributed by atoms with Gasteiger partial charge in [0.1, 0.15) is 23.9 Å². The third-order valence-electron chi connectivity index (χ3n) is 5.86. The van der Waals surface area contributed by atoms with Crippen LogP contribution in [0.5, 0.6) is 5.75 Å². The van der Waals surface area contributed by atoms with Crippen molar-refractivity contribution in [2.24, 2.45) is 0 Å². The monoisotopic (exact) mass is 502 g/mol. The van der Waals surface area contributed by atoms with E-state index in [-0.39, 0.29) is 24.6 Å². The maximum atomic E-state index is 13.6. The van der Waals surface area contributed by atoms with Gasteiger partial charge in [-0.1, -0.05) is 30.3 Å². The highest BCUT2D eigenvalue weighted by atomic mass is 19.1. The molecular weight excluding hydrogens is 475 g/mol. The second-order valence-corrected chi connectivity index (χ2v) is 8.48. The van der Waals surface area contributed by atoms with Gasteiger partial charge in [-0.05, 0) is 48.7 Å². The van der Waals surface area contributed by atoms with Crippen molar-refractivity contribution in [2.45, 2.75) is 25.9 Å². The second-order valence-electron chi connectivity index (χ2n) is 8.48. The van der Waals surface area contributed by atoms with E-state index in [0.29, 0.717) is 23.3 Å². The van der Waals surface area contributed by atoms with Crippen molar-refractivity contribution in [2.75, 3.05) is 13.7 Å². The Kier molecular flexibility index (Phi) is 8.25. The number of aromatic nitrogens is 2. The normalized spacial score (nSPS) is 11.5. The van der Waals surface area contributed by atoms with Gasteiger partial charge in [-0.3, -0.25) is 14.6 Å². The van der Waals surface area contributed by atoms with Crippen LogP contribution in [0.3, 0.4) is 0 Å². The lowest BCUT2D eigenvalue weighted by molar-refractivity contribution is -0.126. The third-order valence-corrected chi connectivity index (χ3v) is 5.86. The van der Waals surface area contributed by atoms with Gasteiger partial charge in [0, 0.05) is 30.1 Å². The molecule has 0 saturated carbocycles. The molecule has 4 rings (SSSR count). The smallest absolute Gasteiger partial charge is 0.277 e. The Balaban J connectivity index is 1.67. The van der Waals surface area contributed by atoms with E-state index in [9.17, 15) is 14.0 Å². The van der Waals surface area contributed by atoms with Crippen LogP contribution in [0.4, 0.5) is 4.39 Å². The molecule has 0 fully saturated rings. The lowest BCUT2D eigenvalue weighted by atomic mass is 10.0. The van der Waals surface area contributed by atoms with Crippen molar-refractivity contribution in [3.05, 3.63) is 113 Å². The summed E-state index contributed by atoms with van der Waals surface area (Å²) < 4.78 is 24.2. The molecule has 0 aliphatic rings. The Hall–Kier alpha value is -4.53. The van der Waals surface area contributed by atoms with Crippen molar-refractivity contribution >= 4 is 11.8 Å². The molecule has 1 N–H and O–H groups in total. The lowest BCUT2D eigenvalue weighted by Crippen LogP contribution is -2.44. The van der Waals surface area contributed by atoms with Crippen LogP contribution in [0.25, 0.3) is 0 Å². The van der Waals surface area contributed by atoms with E-state index >= 15 is 0 Å². The van der Waals surface area contributed by atoms with Crippen LogP contribution in [0, 0.1) is 12.7 Å². The van der Waals surface area contributed by atoms with Crippen LogP contribution < -0.4 is 10.1 Å². The number of rotatable bonds is 10. The maximum absolute atomic E-state index is 13.6. The topological polar surface area (TPSA) is 97.6 Å². The van der Waals surface area contributed by atoms with E-state index in [2.05, 4.69) is 15.3 Å². The Morgan fingerprint density at radius 3 is 2.73 bits per heavy atom. The summed E-state index contributed by atoms with van der Waals surface area (Å²) in [5, 5.41) is 2.90. The fraction of sp³-hybridized carbons (Fsp3) is 0.214. The summed E-state index contributed by atoms with van der Waals surface area (Å²) in [4.78, 5) is 36.9. The highest BCUT2D eigenvalue weighted by molar-refractivity contribution is 5.96. The van der Waals surface area contributed by atoms with Crippen LogP contribution in [-0.4, -0.2) is 40.3 Å². The van der Waals surface area contributed by atoms with Gasteiger partial charge in [0.25, 0.3) is 5.91 Å². The summed E-state index contributed by atoms with van der Waals surface area (Å²) in [5.41, 5.74) is 3.04. The quantitative estimate of drug-likeness (QED) is 0.348. The summed E-state index contributed by atoms with van der Waals surface area (Å²) in [6.07, 6.45) is 5.97. The zero-order valence-electron chi connectivity index (χ0n) is 20.6. The molecule has 0 aliphatic heterocycles. The maximum Gasteiger partial charge on any atom is 0.277 e. The molecule has 2 aromatic carbocycles. The van der Waals surface area contributed by atoms with Gasteiger partial charge >= 0.3 is 0 Å². The number of carbonyl (C=O) groups is 2. The van der Waals surface area contributed by atoms with Crippen LogP contribution >= 0.6 is 0 Å².